The molecule has 0 saturated heterocycles. The minimum absolute atomic E-state index is 0.0563. The minimum Gasteiger partial charge on any atom is -0.480 e. The van der Waals surface area contributed by atoms with Crippen LogP contribution in [0.3, 0.4) is 0 Å². The highest BCUT2D eigenvalue weighted by Crippen LogP contribution is 2.24. The summed E-state index contributed by atoms with van der Waals surface area (Å²) in [4.78, 5) is 24.8. The van der Waals surface area contributed by atoms with Crippen LogP contribution in [-0.2, 0) is 9.59 Å². The highest BCUT2D eigenvalue weighted by Gasteiger charge is 2.22. The summed E-state index contributed by atoms with van der Waals surface area (Å²) < 4.78 is 0. The average molecular weight is 334 g/mol. The van der Waals surface area contributed by atoms with Crippen LogP contribution in [0.15, 0.2) is 24.3 Å². The van der Waals surface area contributed by atoms with E-state index >= 15 is 0 Å². The lowest BCUT2D eigenvalue weighted by Gasteiger charge is -2.26. The zero-order valence-corrected chi connectivity index (χ0v) is 15.5. The van der Waals surface area contributed by atoms with Crippen LogP contribution in [0.4, 0.5) is 0 Å². The third kappa shape index (κ3) is 5.64. The Hall–Kier alpha value is -1.88. The van der Waals surface area contributed by atoms with E-state index < -0.39 is 12.0 Å². The van der Waals surface area contributed by atoms with Crippen molar-refractivity contribution in [3.63, 3.8) is 0 Å². The Kier molecular flexibility index (Phi) is 7.42. The van der Waals surface area contributed by atoms with Crippen molar-refractivity contribution in [2.24, 2.45) is 5.92 Å². The summed E-state index contributed by atoms with van der Waals surface area (Å²) in [5, 5.41) is 12.0. The molecule has 0 heterocycles. The van der Waals surface area contributed by atoms with Crippen LogP contribution in [0.25, 0.3) is 0 Å². The van der Waals surface area contributed by atoms with Gasteiger partial charge in [-0.25, -0.2) is 0 Å². The molecule has 1 rings (SSSR count). The zero-order valence-electron chi connectivity index (χ0n) is 15.5. The molecule has 0 aliphatic carbocycles. The van der Waals surface area contributed by atoms with Crippen molar-refractivity contribution in [3.05, 3.63) is 35.4 Å². The molecule has 0 aliphatic heterocycles. The molecule has 0 spiro atoms. The van der Waals surface area contributed by atoms with Crippen LogP contribution in [0.2, 0.25) is 0 Å². The number of carboxylic acids is 1. The second kappa shape index (κ2) is 8.83. The van der Waals surface area contributed by atoms with Crippen molar-refractivity contribution < 1.29 is 14.7 Å². The van der Waals surface area contributed by atoms with Crippen molar-refractivity contribution in [2.75, 3.05) is 13.6 Å². The number of aliphatic carboxylic acids is 1. The molecule has 0 fully saturated rings. The SMILES string of the molecule is CC(C)c1ccc(C(NC(=O)CN(C)C(C)C(=O)O)C(C)C)cc1. The molecule has 0 aliphatic rings. The van der Waals surface area contributed by atoms with Gasteiger partial charge in [0.05, 0.1) is 12.6 Å². The molecule has 1 aromatic rings. The maximum Gasteiger partial charge on any atom is 0.320 e. The van der Waals surface area contributed by atoms with Gasteiger partial charge in [-0.1, -0.05) is 52.0 Å². The van der Waals surface area contributed by atoms with Crippen LogP contribution < -0.4 is 5.32 Å². The summed E-state index contributed by atoms with van der Waals surface area (Å²) >= 11 is 0. The first-order valence-electron chi connectivity index (χ1n) is 8.45. The summed E-state index contributed by atoms with van der Waals surface area (Å²) in [6.45, 7) is 10.0. The molecule has 5 heteroatoms. The minimum atomic E-state index is -0.935. The molecule has 0 bridgehead atoms. The maximum atomic E-state index is 12.3. The van der Waals surface area contributed by atoms with E-state index in [2.05, 4.69) is 57.3 Å². The first-order valence-corrected chi connectivity index (χ1v) is 8.45. The second-order valence-electron chi connectivity index (χ2n) is 7.04. The van der Waals surface area contributed by atoms with Gasteiger partial charge in [0.15, 0.2) is 0 Å². The smallest absolute Gasteiger partial charge is 0.320 e. The van der Waals surface area contributed by atoms with E-state index in [1.807, 2.05) is 0 Å². The Morgan fingerprint density at radius 1 is 1.04 bits per heavy atom. The Morgan fingerprint density at radius 2 is 1.54 bits per heavy atom. The number of benzene rings is 1. The molecular weight excluding hydrogens is 304 g/mol. The molecule has 1 amide bonds. The van der Waals surface area contributed by atoms with E-state index in [4.69, 9.17) is 5.11 Å². The number of hydrogen-bond donors (Lipinski definition) is 2. The van der Waals surface area contributed by atoms with Crippen LogP contribution >= 0.6 is 0 Å². The predicted octanol–water partition coefficient (Wildman–Crippen LogP) is 3.03. The molecule has 2 atom stereocenters. The average Bonchev–Trinajstić information content (AvgIpc) is 2.51. The number of carbonyl (C=O) groups excluding carboxylic acids is 1. The number of likely N-dealkylation sites (N-methyl/N-ethyl adjacent to an activating group) is 1. The Balaban J connectivity index is 2.79. The van der Waals surface area contributed by atoms with Crippen molar-refractivity contribution >= 4 is 11.9 Å². The standard InChI is InChI=1S/C19H30N2O3/c1-12(2)15-7-9-16(10-8-15)18(13(3)4)20-17(22)11-21(6)14(5)19(23)24/h7-10,12-14,18H,11H2,1-6H3,(H,20,22)(H,23,24). The maximum absolute atomic E-state index is 12.3. The van der Waals surface area contributed by atoms with Gasteiger partial charge in [-0.15, -0.1) is 0 Å². The van der Waals surface area contributed by atoms with Gasteiger partial charge in [0, 0.05) is 0 Å². The summed E-state index contributed by atoms with van der Waals surface area (Å²) in [6, 6.07) is 7.53. The lowest BCUT2D eigenvalue weighted by Crippen LogP contribution is -2.44. The number of amides is 1. The molecule has 0 saturated carbocycles. The Morgan fingerprint density at radius 3 is 1.96 bits per heavy atom. The van der Waals surface area contributed by atoms with Gasteiger partial charge < -0.3 is 10.4 Å². The van der Waals surface area contributed by atoms with E-state index in [9.17, 15) is 9.59 Å². The van der Waals surface area contributed by atoms with Crippen LogP contribution in [0.5, 0.6) is 0 Å². The molecule has 2 unspecified atom stereocenters. The fraction of sp³-hybridized carbons (Fsp3) is 0.579. The molecule has 24 heavy (non-hydrogen) atoms. The van der Waals surface area contributed by atoms with E-state index in [0.717, 1.165) is 5.56 Å². The largest absolute Gasteiger partial charge is 0.480 e. The number of carboxylic acid groups (broad SMARTS) is 1. The Labute approximate surface area is 145 Å². The van der Waals surface area contributed by atoms with Gasteiger partial charge in [0.1, 0.15) is 6.04 Å². The quantitative estimate of drug-likeness (QED) is 0.767. The van der Waals surface area contributed by atoms with Gasteiger partial charge in [-0.3, -0.25) is 14.5 Å². The van der Waals surface area contributed by atoms with Gasteiger partial charge in [0.2, 0.25) is 5.91 Å². The first-order chi connectivity index (χ1) is 11.1. The summed E-state index contributed by atoms with van der Waals surface area (Å²) in [6.07, 6.45) is 0. The van der Waals surface area contributed by atoms with Gasteiger partial charge >= 0.3 is 5.97 Å². The second-order valence-corrected chi connectivity index (χ2v) is 7.04. The summed E-state index contributed by atoms with van der Waals surface area (Å²) in [5.41, 5.74) is 2.33. The fourth-order valence-electron chi connectivity index (χ4n) is 2.49. The third-order valence-electron chi connectivity index (χ3n) is 4.36. The lowest BCUT2D eigenvalue weighted by atomic mass is 9.93. The van der Waals surface area contributed by atoms with E-state index in [-0.39, 0.29) is 24.4 Å². The van der Waals surface area contributed by atoms with Crippen LogP contribution in [-0.4, -0.2) is 41.5 Å². The number of rotatable bonds is 8. The topological polar surface area (TPSA) is 69.6 Å². The number of nitrogens with one attached hydrogen (secondary N) is 1. The van der Waals surface area contributed by atoms with Gasteiger partial charge in [0.25, 0.3) is 0 Å². The van der Waals surface area contributed by atoms with Crippen molar-refractivity contribution in [3.8, 4) is 0 Å². The third-order valence-corrected chi connectivity index (χ3v) is 4.36. The van der Waals surface area contributed by atoms with Crippen LogP contribution in [0.1, 0.15) is 57.7 Å². The van der Waals surface area contributed by atoms with Crippen LogP contribution in [0, 0.1) is 5.92 Å². The monoisotopic (exact) mass is 334 g/mol. The number of carbonyl (C=O) groups is 2. The van der Waals surface area contributed by atoms with Gasteiger partial charge in [-0.2, -0.15) is 0 Å². The molecule has 1 aromatic carbocycles. The molecule has 0 aromatic heterocycles. The van der Waals surface area contributed by atoms with E-state index in [1.54, 1.807) is 14.0 Å². The van der Waals surface area contributed by atoms with E-state index in [0.29, 0.717) is 5.92 Å². The molecule has 0 radical (unpaired) electrons. The first kappa shape index (κ1) is 20.2. The van der Waals surface area contributed by atoms with Crippen molar-refractivity contribution in [2.45, 2.75) is 52.6 Å². The normalized spacial score (nSPS) is 14.0. The number of nitrogens with zero attached hydrogens (tertiary/aromatic N) is 1. The summed E-state index contributed by atoms with van der Waals surface area (Å²) in [7, 11) is 1.64. The predicted molar refractivity (Wildman–Crippen MR) is 96.0 cm³/mol. The molecule has 2 N–H and O–H groups in total. The molecule has 134 valence electrons. The lowest BCUT2D eigenvalue weighted by molar-refractivity contribution is -0.142. The zero-order chi connectivity index (χ0) is 18.4. The van der Waals surface area contributed by atoms with Crippen molar-refractivity contribution in [1.82, 2.24) is 10.2 Å². The highest BCUT2D eigenvalue weighted by molar-refractivity contribution is 5.80. The Bertz CT molecular complexity index is 552. The van der Waals surface area contributed by atoms with Crippen molar-refractivity contribution in [1.29, 1.82) is 0 Å². The number of hydrogen-bond acceptors (Lipinski definition) is 3. The fourth-order valence-corrected chi connectivity index (χ4v) is 2.49. The molecular formula is C19H30N2O3. The highest BCUT2D eigenvalue weighted by atomic mass is 16.4. The van der Waals surface area contributed by atoms with E-state index in [1.165, 1.54) is 10.5 Å². The van der Waals surface area contributed by atoms with Gasteiger partial charge in [-0.05, 0) is 36.9 Å². The molecule has 5 nitrogen and oxygen atoms in total. The summed E-state index contributed by atoms with van der Waals surface area (Å²) in [5.74, 6) is -0.398.